The first-order valence-corrected chi connectivity index (χ1v) is 11.3. The highest BCUT2D eigenvalue weighted by Crippen LogP contribution is 2.29. The Labute approximate surface area is 205 Å². The second-order valence-corrected chi connectivity index (χ2v) is 8.24. The lowest BCUT2D eigenvalue weighted by Crippen LogP contribution is -2.19. The number of nitrogens with zero attached hydrogens (tertiary/aromatic N) is 1. The molecule has 0 bridgehead atoms. The van der Waals surface area contributed by atoms with Crippen LogP contribution in [0.1, 0.15) is 21.5 Å². The van der Waals surface area contributed by atoms with Crippen molar-refractivity contribution < 1.29 is 19.1 Å². The summed E-state index contributed by atoms with van der Waals surface area (Å²) in [6.45, 7) is 0. The number of halogens is 1. The number of hydrazone groups is 1. The summed E-state index contributed by atoms with van der Waals surface area (Å²) in [6.07, 6.45) is 1.72. The normalized spacial score (nSPS) is 10.9. The maximum atomic E-state index is 12.5. The number of ether oxygens (including phenoxy) is 2. The molecule has 0 aliphatic heterocycles. The Morgan fingerprint density at radius 2 is 1.71 bits per heavy atom. The monoisotopic (exact) mass is 516 g/mol. The van der Waals surface area contributed by atoms with Gasteiger partial charge in [0.25, 0.3) is 0 Å². The third-order valence-electron chi connectivity index (χ3n) is 5.12. The largest absolute Gasteiger partial charge is 0.493 e. The summed E-state index contributed by atoms with van der Waals surface area (Å²) in [6, 6.07) is 25.8. The van der Waals surface area contributed by atoms with E-state index in [9.17, 15) is 9.59 Å². The molecule has 4 aromatic rings. The highest BCUT2D eigenvalue weighted by Gasteiger charge is 2.15. The SMILES string of the molecule is COc1cc(/C=N\NC(=O)Cc2cccc3ccccc23)ccc1OC(=O)c1ccccc1Br. The Morgan fingerprint density at radius 3 is 2.53 bits per heavy atom. The molecule has 0 atom stereocenters. The number of benzene rings is 4. The molecule has 0 saturated carbocycles. The zero-order valence-electron chi connectivity index (χ0n) is 18.3. The average molecular weight is 517 g/mol. The number of hydrogen-bond donors (Lipinski definition) is 1. The molecular weight excluding hydrogens is 496 g/mol. The zero-order chi connectivity index (χ0) is 23.9. The molecule has 0 aliphatic rings. The molecule has 0 fully saturated rings. The number of amides is 1. The minimum absolute atomic E-state index is 0.214. The molecule has 0 radical (unpaired) electrons. The van der Waals surface area contributed by atoms with Crippen molar-refractivity contribution in [3.63, 3.8) is 0 Å². The summed E-state index contributed by atoms with van der Waals surface area (Å²) in [7, 11) is 1.48. The molecule has 34 heavy (non-hydrogen) atoms. The Bertz CT molecular complexity index is 1380. The molecule has 0 aromatic heterocycles. The molecule has 4 aromatic carbocycles. The first-order valence-electron chi connectivity index (χ1n) is 10.5. The third-order valence-corrected chi connectivity index (χ3v) is 5.81. The van der Waals surface area contributed by atoms with Crippen LogP contribution in [0.25, 0.3) is 10.8 Å². The number of nitrogens with one attached hydrogen (secondary N) is 1. The lowest BCUT2D eigenvalue weighted by Gasteiger charge is -2.10. The number of methoxy groups -OCH3 is 1. The standard InChI is InChI=1S/C27H21BrN2O4/c1-33-25-15-18(13-14-24(25)34-27(32)22-11-4-5-12-23(22)28)17-29-30-26(31)16-20-9-6-8-19-7-2-3-10-21(19)20/h2-15,17H,16H2,1H3,(H,30,31)/b29-17-. The van der Waals surface area contributed by atoms with Gasteiger partial charge in [0.05, 0.1) is 25.3 Å². The van der Waals surface area contributed by atoms with Gasteiger partial charge in [-0.05, 0) is 68.2 Å². The number of rotatable bonds is 7. The molecule has 0 heterocycles. The van der Waals surface area contributed by atoms with Crippen molar-refractivity contribution in [2.45, 2.75) is 6.42 Å². The van der Waals surface area contributed by atoms with E-state index in [0.29, 0.717) is 21.3 Å². The number of carbonyl (C=O) groups excluding carboxylic acids is 2. The fraction of sp³-hybridized carbons (Fsp3) is 0.0741. The van der Waals surface area contributed by atoms with Crippen LogP contribution in [0.2, 0.25) is 0 Å². The molecule has 0 unspecified atom stereocenters. The third kappa shape index (κ3) is 5.50. The van der Waals surface area contributed by atoms with Crippen molar-refractivity contribution in [3.8, 4) is 11.5 Å². The van der Waals surface area contributed by atoms with Crippen LogP contribution in [0.4, 0.5) is 0 Å². The van der Waals surface area contributed by atoms with Gasteiger partial charge < -0.3 is 9.47 Å². The quantitative estimate of drug-likeness (QED) is 0.152. The summed E-state index contributed by atoms with van der Waals surface area (Å²) in [4.78, 5) is 24.9. The van der Waals surface area contributed by atoms with Gasteiger partial charge >= 0.3 is 5.97 Å². The fourth-order valence-electron chi connectivity index (χ4n) is 3.47. The van der Waals surface area contributed by atoms with Crippen LogP contribution in [0.15, 0.2) is 94.5 Å². The van der Waals surface area contributed by atoms with E-state index in [1.54, 1.807) is 36.4 Å². The number of fused-ring (bicyclic) bond motifs is 1. The van der Waals surface area contributed by atoms with Gasteiger partial charge in [0.1, 0.15) is 0 Å². The van der Waals surface area contributed by atoms with E-state index in [1.807, 2.05) is 48.5 Å². The van der Waals surface area contributed by atoms with E-state index < -0.39 is 5.97 Å². The predicted molar refractivity (Wildman–Crippen MR) is 135 cm³/mol. The summed E-state index contributed by atoms with van der Waals surface area (Å²) < 4.78 is 11.5. The van der Waals surface area contributed by atoms with Gasteiger partial charge in [0.2, 0.25) is 5.91 Å². The Balaban J connectivity index is 1.40. The Morgan fingerprint density at radius 1 is 0.941 bits per heavy atom. The summed E-state index contributed by atoms with van der Waals surface area (Å²) in [5.74, 6) is -0.0849. The summed E-state index contributed by atoms with van der Waals surface area (Å²) in [5.41, 5.74) is 4.57. The molecule has 0 aliphatic carbocycles. The van der Waals surface area contributed by atoms with Gasteiger partial charge in [0, 0.05) is 4.47 Å². The minimum atomic E-state index is -0.507. The van der Waals surface area contributed by atoms with Crippen molar-refractivity contribution in [2.75, 3.05) is 7.11 Å². The smallest absolute Gasteiger partial charge is 0.344 e. The second-order valence-electron chi connectivity index (χ2n) is 7.39. The predicted octanol–water partition coefficient (Wildman–Crippen LogP) is 5.52. The van der Waals surface area contributed by atoms with Crippen molar-refractivity contribution in [1.29, 1.82) is 0 Å². The summed E-state index contributed by atoms with van der Waals surface area (Å²) in [5, 5.41) is 6.18. The lowest BCUT2D eigenvalue weighted by atomic mass is 10.0. The number of esters is 1. The van der Waals surface area contributed by atoms with E-state index in [1.165, 1.54) is 13.3 Å². The van der Waals surface area contributed by atoms with Crippen LogP contribution >= 0.6 is 15.9 Å². The van der Waals surface area contributed by atoms with Gasteiger partial charge in [0.15, 0.2) is 11.5 Å². The average Bonchev–Trinajstić information content (AvgIpc) is 2.85. The topological polar surface area (TPSA) is 77.0 Å². The molecule has 7 heteroatoms. The van der Waals surface area contributed by atoms with E-state index in [-0.39, 0.29) is 18.1 Å². The van der Waals surface area contributed by atoms with Crippen molar-refractivity contribution in [1.82, 2.24) is 5.43 Å². The molecule has 4 rings (SSSR count). The molecule has 0 spiro atoms. The maximum Gasteiger partial charge on any atom is 0.344 e. The number of carbonyl (C=O) groups is 2. The van der Waals surface area contributed by atoms with Crippen LogP contribution < -0.4 is 14.9 Å². The highest BCUT2D eigenvalue weighted by molar-refractivity contribution is 9.10. The van der Waals surface area contributed by atoms with Gasteiger partial charge in [-0.2, -0.15) is 5.10 Å². The fourth-order valence-corrected chi connectivity index (χ4v) is 3.91. The van der Waals surface area contributed by atoms with Crippen molar-refractivity contribution in [3.05, 3.63) is 106 Å². The van der Waals surface area contributed by atoms with Crippen LogP contribution in [0.3, 0.4) is 0 Å². The van der Waals surface area contributed by atoms with Gasteiger partial charge in [-0.3, -0.25) is 4.79 Å². The van der Waals surface area contributed by atoms with E-state index >= 15 is 0 Å². The molecular formula is C27H21BrN2O4. The van der Waals surface area contributed by atoms with Crippen LogP contribution in [-0.2, 0) is 11.2 Å². The van der Waals surface area contributed by atoms with Crippen LogP contribution in [-0.4, -0.2) is 25.2 Å². The zero-order valence-corrected chi connectivity index (χ0v) is 19.9. The molecule has 170 valence electrons. The highest BCUT2D eigenvalue weighted by atomic mass is 79.9. The Kier molecular flexibility index (Phi) is 7.34. The molecule has 1 amide bonds. The number of hydrogen-bond acceptors (Lipinski definition) is 5. The van der Waals surface area contributed by atoms with Gasteiger partial charge in [-0.1, -0.05) is 54.6 Å². The van der Waals surface area contributed by atoms with Crippen LogP contribution in [0.5, 0.6) is 11.5 Å². The Hall–Kier alpha value is -3.97. The van der Waals surface area contributed by atoms with E-state index in [2.05, 4.69) is 26.5 Å². The van der Waals surface area contributed by atoms with E-state index in [0.717, 1.165) is 16.3 Å². The van der Waals surface area contributed by atoms with Crippen LogP contribution in [0, 0.1) is 0 Å². The maximum absolute atomic E-state index is 12.5. The second kappa shape index (κ2) is 10.8. The first-order chi connectivity index (χ1) is 16.5. The molecule has 1 N–H and O–H groups in total. The lowest BCUT2D eigenvalue weighted by molar-refractivity contribution is -0.120. The van der Waals surface area contributed by atoms with Gasteiger partial charge in [-0.25, -0.2) is 10.2 Å². The van der Waals surface area contributed by atoms with E-state index in [4.69, 9.17) is 9.47 Å². The van der Waals surface area contributed by atoms with Crippen molar-refractivity contribution in [2.24, 2.45) is 5.10 Å². The van der Waals surface area contributed by atoms with Crippen molar-refractivity contribution >= 4 is 44.8 Å². The minimum Gasteiger partial charge on any atom is -0.493 e. The van der Waals surface area contributed by atoms with Gasteiger partial charge in [-0.15, -0.1) is 0 Å². The molecule has 0 saturated heterocycles. The summed E-state index contributed by atoms with van der Waals surface area (Å²) >= 11 is 3.35. The molecule has 6 nitrogen and oxygen atoms in total. The first kappa shape index (κ1) is 23.2.